The molecule has 1 aliphatic heterocycles. The van der Waals surface area contributed by atoms with Gasteiger partial charge in [0.2, 0.25) is 0 Å². The van der Waals surface area contributed by atoms with Crippen molar-refractivity contribution in [2.45, 2.75) is 46.6 Å². The number of hydrogen-bond donors (Lipinski definition) is 0. The van der Waals surface area contributed by atoms with Gasteiger partial charge in [0, 0.05) is 38.8 Å². The molecule has 0 saturated carbocycles. The summed E-state index contributed by atoms with van der Waals surface area (Å²) in [6.07, 6.45) is 2.66. The summed E-state index contributed by atoms with van der Waals surface area (Å²) < 4.78 is 0. The third-order valence-electron chi connectivity index (χ3n) is 2.99. The fourth-order valence-electron chi connectivity index (χ4n) is 1.90. The monoisotopic (exact) mass is 257 g/mol. The van der Waals surface area contributed by atoms with E-state index in [2.05, 4.69) is 32.6 Å². The molecule has 1 rings (SSSR count). The van der Waals surface area contributed by atoms with Crippen LogP contribution in [0.15, 0.2) is 0 Å². The first-order valence-electron chi connectivity index (χ1n) is 5.20. The fourth-order valence-corrected chi connectivity index (χ4v) is 1.90. The maximum absolute atomic E-state index is 2.58. The molecule has 0 spiro atoms. The summed E-state index contributed by atoms with van der Waals surface area (Å²) in [6.45, 7) is 11.8. The number of hydrogen-bond acceptors (Lipinski definition) is 1. The molecule has 1 heterocycles. The predicted octanol–water partition coefficient (Wildman–Crippen LogP) is 2.72. The molecule has 0 aliphatic carbocycles. The summed E-state index contributed by atoms with van der Waals surface area (Å²) >= 11 is 0. The first kappa shape index (κ1) is 14.1. The third-order valence-corrected chi connectivity index (χ3v) is 2.99. The average molecular weight is 257 g/mol. The maximum atomic E-state index is 2.58. The van der Waals surface area contributed by atoms with Crippen LogP contribution in [-0.2, 0) is 32.7 Å². The van der Waals surface area contributed by atoms with E-state index < -0.39 is 0 Å². The fraction of sp³-hybridized carbons (Fsp3) is 0.909. The van der Waals surface area contributed by atoms with Gasteiger partial charge < -0.3 is 10.8 Å². The van der Waals surface area contributed by atoms with Crippen LogP contribution in [0.25, 0.3) is 0 Å². The molecular formula is C11H22NY-. The van der Waals surface area contributed by atoms with E-state index in [0.29, 0.717) is 0 Å². The largest absolute Gasteiger partial charge is 0.309 e. The van der Waals surface area contributed by atoms with Crippen molar-refractivity contribution in [2.24, 2.45) is 5.92 Å². The quantitative estimate of drug-likeness (QED) is 0.687. The van der Waals surface area contributed by atoms with Crippen LogP contribution in [0.1, 0.15) is 40.5 Å². The predicted molar refractivity (Wildman–Crippen MR) is 54.0 cm³/mol. The summed E-state index contributed by atoms with van der Waals surface area (Å²) in [5.74, 6) is 2.58. The molecule has 1 aliphatic rings. The normalized spacial score (nSPS) is 20.8. The Balaban J connectivity index is 0.00000144. The molecule has 0 aromatic carbocycles. The molecule has 1 radical (unpaired) electrons. The molecule has 0 bridgehead atoms. The molecule has 0 aromatic heterocycles. The average Bonchev–Trinajstić information content (AvgIpc) is 2.04. The van der Waals surface area contributed by atoms with Crippen LogP contribution in [0.5, 0.6) is 0 Å². The second-order valence-corrected chi connectivity index (χ2v) is 4.44. The smallest absolute Gasteiger partial charge is 0.00364 e. The number of rotatable bonds is 2. The van der Waals surface area contributed by atoms with Crippen molar-refractivity contribution in [1.29, 1.82) is 0 Å². The van der Waals surface area contributed by atoms with Gasteiger partial charge in [-0.25, -0.2) is 0 Å². The number of nitrogens with zero attached hydrogens (tertiary/aromatic N) is 1. The van der Waals surface area contributed by atoms with Crippen molar-refractivity contribution >= 4 is 0 Å². The van der Waals surface area contributed by atoms with Gasteiger partial charge in [-0.15, -0.1) is 0 Å². The summed E-state index contributed by atoms with van der Waals surface area (Å²) in [5, 5.41) is 0. The standard InChI is InChI=1S/C11H22N.Y/c1-9(2)11-5-7-12(8-6-11)10(3)4;/h9-10H,5-8H2,1-4H3;/q-1;. The first-order chi connectivity index (χ1) is 5.61. The van der Waals surface area contributed by atoms with E-state index in [0.717, 1.165) is 12.0 Å². The Morgan fingerprint density at radius 1 is 1.00 bits per heavy atom. The minimum absolute atomic E-state index is 0. The van der Waals surface area contributed by atoms with Gasteiger partial charge in [-0.1, -0.05) is 13.8 Å². The molecule has 0 amide bonds. The van der Waals surface area contributed by atoms with Crippen LogP contribution in [0.2, 0.25) is 0 Å². The molecular weight excluding hydrogens is 235 g/mol. The van der Waals surface area contributed by atoms with Crippen LogP contribution >= 0.6 is 0 Å². The molecule has 1 nitrogen and oxygen atoms in total. The maximum Gasteiger partial charge on any atom is 0.00364 e. The first-order valence-corrected chi connectivity index (χ1v) is 5.20. The van der Waals surface area contributed by atoms with Gasteiger partial charge in [-0.2, -0.15) is 18.8 Å². The number of piperidine rings is 1. The van der Waals surface area contributed by atoms with E-state index in [1.807, 2.05) is 0 Å². The Hall–Kier alpha value is 1.06. The van der Waals surface area contributed by atoms with Crippen molar-refractivity contribution in [3.05, 3.63) is 5.92 Å². The summed E-state index contributed by atoms with van der Waals surface area (Å²) in [6, 6.07) is 0.735. The zero-order valence-corrected chi connectivity index (χ0v) is 12.3. The second-order valence-electron chi connectivity index (χ2n) is 4.44. The van der Waals surface area contributed by atoms with Crippen LogP contribution in [0.4, 0.5) is 0 Å². The Morgan fingerprint density at radius 2 is 1.46 bits per heavy atom. The zero-order valence-electron chi connectivity index (χ0n) is 9.51. The number of likely N-dealkylation sites (tertiary alicyclic amines) is 1. The van der Waals surface area contributed by atoms with Gasteiger partial charge in [0.1, 0.15) is 0 Å². The van der Waals surface area contributed by atoms with Crippen LogP contribution in [-0.4, -0.2) is 24.0 Å². The van der Waals surface area contributed by atoms with Crippen molar-refractivity contribution < 1.29 is 32.7 Å². The second kappa shape index (κ2) is 6.53. The Kier molecular flexibility index (Phi) is 7.06. The van der Waals surface area contributed by atoms with E-state index >= 15 is 0 Å². The minimum atomic E-state index is 0. The van der Waals surface area contributed by atoms with Gasteiger partial charge in [0.25, 0.3) is 0 Å². The summed E-state index contributed by atoms with van der Waals surface area (Å²) in [5.41, 5.74) is 0. The Morgan fingerprint density at radius 3 is 1.77 bits per heavy atom. The van der Waals surface area contributed by atoms with Gasteiger partial charge in [-0.05, 0) is 26.9 Å². The van der Waals surface area contributed by atoms with Crippen LogP contribution < -0.4 is 0 Å². The van der Waals surface area contributed by atoms with Gasteiger partial charge in [-0.3, -0.25) is 0 Å². The van der Waals surface area contributed by atoms with Crippen molar-refractivity contribution in [2.75, 3.05) is 13.1 Å². The molecule has 0 atom stereocenters. The van der Waals surface area contributed by atoms with E-state index in [1.54, 1.807) is 5.92 Å². The molecule has 1 saturated heterocycles. The van der Waals surface area contributed by atoms with Crippen molar-refractivity contribution in [3.8, 4) is 0 Å². The topological polar surface area (TPSA) is 3.24 Å². The van der Waals surface area contributed by atoms with Gasteiger partial charge in [0.15, 0.2) is 0 Å². The zero-order chi connectivity index (χ0) is 9.14. The SMILES string of the molecule is CC(C)[C-]1CCN(C(C)C)CC1.[Y]. The van der Waals surface area contributed by atoms with E-state index in [-0.39, 0.29) is 32.7 Å². The van der Waals surface area contributed by atoms with E-state index in [1.165, 1.54) is 25.9 Å². The van der Waals surface area contributed by atoms with Gasteiger partial charge in [0.05, 0.1) is 0 Å². The molecule has 1 fully saturated rings. The molecule has 0 aromatic rings. The van der Waals surface area contributed by atoms with Crippen LogP contribution in [0, 0.1) is 11.8 Å². The van der Waals surface area contributed by atoms with E-state index in [9.17, 15) is 0 Å². The molecule has 13 heavy (non-hydrogen) atoms. The molecule has 75 valence electrons. The molecule has 0 N–H and O–H groups in total. The third kappa shape index (κ3) is 4.40. The summed E-state index contributed by atoms with van der Waals surface area (Å²) in [4.78, 5) is 2.58. The van der Waals surface area contributed by atoms with Gasteiger partial charge >= 0.3 is 0 Å². The van der Waals surface area contributed by atoms with Crippen molar-refractivity contribution in [1.82, 2.24) is 4.90 Å². The van der Waals surface area contributed by atoms with Crippen molar-refractivity contribution in [3.63, 3.8) is 0 Å². The van der Waals surface area contributed by atoms with E-state index in [4.69, 9.17) is 0 Å². The minimum Gasteiger partial charge on any atom is -0.309 e. The summed E-state index contributed by atoms with van der Waals surface area (Å²) in [7, 11) is 0. The van der Waals surface area contributed by atoms with Crippen LogP contribution in [0.3, 0.4) is 0 Å². The Bertz CT molecular complexity index is 110. The Labute approximate surface area is 109 Å². The molecule has 2 heteroatoms. The molecule has 0 unspecified atom stereocenters.